The van der Waals surface area contributed by atoms with Gasteiger partial charge in [0.25, 0.3) is 0 Å². The number of ether oxygens (including phenoxy) is 1. The molecule has 21 heavy (non-hydrogen) atoms. The van der Waals surface area contributed by atoms with Crippen molar-refractivity contribution in [1.29, 1.82) is 0 Å². The molecule has 0 aliphatic rings. The number of rotatable bonds is 5. The summed E-state index contributed by atoms with van der Waals surface area (Å²) in [6.07, 6.45) is 1.14. The number of hydrogen-bond donors (Lipinski definition) is 1. The highest BCUT2D eigenvalue weighted by Crippen LogP contribution is 2.32. The monoisotopic (exact) mass is 347 g/mol. The van der Waals surface area contributed by atoms with Gasteiger partial charge in [-0.05, 0) is 70.6 Å². The zero-order valence-electron chi connectivity index (χ0n) is 12.8. The predicted molar refractivity (Wildman–Crippen MR) is 92.0 cm³/mol. The van der Waals surface area contributed by atoms with Gasteiger partial charge in [-0.25, -0.2) is 0 Å². The first-order chi connectivity index (χ1) is 10.0. The Hall–Kier alpha value is -1.32. The van der Waals surface area contributed by atoms with Crippen molar-refractivity contribution in [3.63, 3.8) is 0 Å². The summed E-state index contributed by atoms with van der Waals surface area (Å²) >= 11 is 3.54. The van der Waals surface area contributed by atoms with E-state index in [0.717, 1.165) is 28.0 Å². The lowest BCUT2D eigenvalue weighted by Crippen LogP contribution is -2.04. The van der Waals surface area contributed by atoms with Gasteiger partial charge in [-0.2, -0.15) is 0 Å². The van der Waals surface area contributed by atoms with Crippen LogP contribution in [-0.2, 0) is 0 Å². The molecule has 0 amide bonds. The first-order valence-electron chi connectivity index (χ1n) is 7.34. The van der Waals surface area contributed by atoms with Gasteiger partial charge in [0.15, 0.2) is 0 Å². The maximum atomic E-state index is 5.92. The first kappa shape index (κ1) is 16.1. The van der Waals surface area contributed by atoms with Crippen LogP contribution in [0, 0.1) is 0 Å². The average molecular weight is 348 g/mol. The lowest BCUT2D eigenvalue weighted by Gasteiger charge is -2.13. The minimum Gasteiger partial charge on any atom is -0.456 e. The highest BCUT2D eigenvalue weighted by molar-refractivity contribution is 9.10. The van der Waals surface area contributed by atoms with Gasteiger partial charge in [-0.3, -0.25) is 0 Å². The Kier molecular flexibility index (Phi) is 5.43. The topological polar surface area (TPSA) is 35.2 Å². The lowest BCUT2D eigenvalue weighted by atomic mass is 9.99. The summed E-state index contributed by atoms with van der Waals surface area (Å²) in [5, 5.41) is 0. The van der Waals surface area contributed by atoms with Crippen molar-refractivity contribution >= 4 is 15.9 Å². The van der Waals surface area contributed by atoms with Crippen molar-refractivity contribution in [3.05, 3.63) is 58.1 Å². The van der Waals surface area contributed by atoms with Crippen molar-refractivity contribution in [1.82, 2.24) is 0 Å². The van der Waals surface area contributed by atoms with E-state index in [-0.39, 0.29) is 6.04 Å². The smallest absolute Gasteiger partial charge is 0.141 e. The van der Waals surface area contributed by atoms with Crippen LogP contribution in [0.25, 0.3) is 0 Å². The maximum absolute atomic E-state index is 5.92. The SMILES string of the molecule is CCC(C)c1ccc(Oc2ccc([C@H](C)N)cc2Br)cc1. The summed E-state index contributed by atoms with van der Waals surface area (Å²) in [5.41, 5.74) is 8.31. The van der Waals surface area contributed by atoms with Crippen LogP contribution >= 0.6 is 15.9 Å². The zero-order valence-corrected chi connectivity index (χ0v) is 14.4. The van der Waals surface area contributed by atoms with E-state index in [1.165, 1.54) is 5.56 Å². The summed E-state index contributed by atoms with van der Waals surface area (Å²) in [4.78, 5) is 0. The van der Waals surface area contributed by atoms with Gasteiger partial charge in [-0.15, -0.1) is 0 Å². The van der Waals surface area contributed by atoms with Gasteiger partial charge in [-0.1, -0.05) is 32.0 Å². The van der Waals surface area contributed by atoms with E-state index in [1.54, 1.807) is 0 Å². The molecule has 2 aromatic carbocycles. The van der Waals surface area contributed by atoms with Crippen molar-refractivity contribution in [3.8, 4) is 11.5 Å². The summed E-state index contributed by atoms with van der Waals surface area (Å²) < 4.78 is 6.84. The molecule has 0 saturated heterocycles. The van der Waals surface area contributed by atoms with Crippen LogP contribution in [0.4, 0.5) is 0 Å². The summed E-state index contributed by atoms with van der Waals surface area (Å²) in [5.74, 6) is 2.23. The molecule has 0 aliphatic carbocycles. The molecule has 2 rings (SSSR count). The van der Waals surface area contributed by atoms with Crippen molar-refractivity contribution in [2.24, 2.45) is 5.73 Å². The summed E-state index contributed by atoms with van der Waals surface area (Å²) in [6, 6.07) is 14.3. The van der Waals surface area contributed by atoms with Gasteiger partial charge in [0.2, 0.25) is 0 Å². The molecule has 0 saturated carbocycles. The van der Waals surface area contributed by atoms with E-state index < -0.39 is 0 Å². The van der Waals surface area contributed by atoms with E-state index in [2.05, 4.69) is 41.9 Å². The van der Waals surface area contributed by atoms with E-state index in [0.29, 0.717) is 5.92 Å². The van der Waals surface area contributed by atoms with Crippen LogP contribution in [0.15, 0.2) is 46.9 Å². The fourth-order valence-corrected chi connectivity index (χ4v) is 2.59. The molecule has 3 heteroatoms. The Labute approximate surface area is 135 Å². The number of nitrogens with two attached hydrogens (primary N) is 1. The highest BCUT2D eigenvalue weighted by atomic mass is 79.9. The van der Waals surface area contributed by atoms with Gasteiger partial charge >= 0.3 is 0 Å². The fraction of sp³-hybridized carbons (Fsp3) is 0.333. The molecule has 0 fully saturated rings. The third-order valence-corrected chi connectivity index (χ3v) is 4.39. The minimum atomic E-state index is 0.0187. The van der Waals surface area contributed by atoms with Crippen LogP contribution < -0.4 is 10.5 Å². The fourth-order valence-electron chi connectivity index (χ4n) is 2.11. The van der Waals surface area contributed by atoms with E-state index >= 15 is 0 Å². The molecular weight excluding hydrogens is 326 g/mol. The van der Waals surface area contributed by atoms with Crippen molar-refractivity contribution < 1.29 is 4.74 Å². The Bertz CT molecular complexity index is 593. The number of hydrogen-bond acceptors (Lipinski definition) is 2. The molecule has 0 heterocycles. The zero-order chi connectivity index (χ0) is 15.4. The quantitative estimate of drug-likeness (QED) is 0.744. The molecule has 112 valence electrons. The molecule has 2 nitrogen and oxygen atoms in total. The number of benzene rings is 2. The summed E-state index contributed by atoms with van der Waals surface area (Å²) in [7, 11) is 0. The molecule has 0 spiro atoms. The lowest BCUT2D eigenvalue weighted by molar-refractivity contribution is 0.479. The van der Waals surface area contributed by atoms with Crippen LogP contribution in [-0.4, -0.2) is 0 Å². The van der Waals surface area contributed by atoms with Crippen LogP contribution in [0.1, 0.15) is 50.3 Å². The molecular formula is C18H22BrNO. The molecule has 2 N–H and O–H groups in total. The van der Waals surface area contributed by atoms with E-state index in [4.69, 9.17) is 10.5 Å². The Morgan fingerprint density at radius 3 is 2.19 bits per heavy atom. The van der Waals surface area contributed by atoms with Crippen molar-refractivity contribution in [2.45, 2.75) is 39.2 Å². The molecule has 0 radical (unpaired) electrons. The minimum absolute atomic E-state index is 0.0187. The Morgan fingerprint density at radius 1 is 1.05 bits per heavy atom. The van der Waals surface area contributed by atoms with Crippen LogP contribution in [0.5, 0.6) is 11.5 Å². The normalized spacial score (nSPS) is 13.8. The van der Waals surface area contributed by atoms with E-state index in [9.17, 15) is 0 Å². The third-order valence-electron chi connectivity index (χ3n) is 3.77. The number of halogens is 1. The van der Waals surface area contributed by atoms with Gasteiger partial charge in [0, 0.05) is 6.04 Å². The second-order valence-corrected chi connectivity index (χ2v) is 6.31. The second-order valence-electron chi connectivity index (χ2n) is 5.46. The molecule has 0 aliphatic heterocycles. The van der Waals surface area contributed by atoms with Crippen LogP contribution in [0.2, 0.25) is 0 Å². The largest absolute Gasteiger partial charge is 0.456 e. The summed E-state index contributed by atoms with van der Waals surface area (Å²) in [6.45, 7) is 6.40. The van der Waals surface area contributed by atoms with Gasteiger partial charge < -0.3 is 10.5 Å². The van der Waals surface area contributed by atoms with Gasteiger partial charge in [0.05, 0.1) is 4.47 Å². The maximum Gasteiger partial charge on any atom is 0.141 e. The van der Waals surface area contributed by atoms with Gasteiger partial charge in [0.1, 0.15) is 11.5 Å². The highest BCUT2D eigenvalue weighted by Gasteiger charge is 2.07. The molecule has 2 atom stereocenters. The molecule has 1 unspecified atom stereocenters. The van der Waals surface area contributed by atoms with Crippen molar-refractivity contribution in [2.75, 3.05) is 0 Å². The average Bonchev–Trinajstić information content (AvgIpc) is 2.49. The first-order valence-corrected chi connectivity index (χ1v) is 8.13. The molecule has 2 aromatic rings. The van der Waals surface area contributed by atoms with Crippen LogP contribution in [0.3, 0.4) is 0 Å². The molecule has 0 aromatic heterocycles. The Morgan fingerprint density at radius 2 is 1.67 bits per heavy atom. The predicted octanol–water partition coefficient (Wildman–Crippen LogP) is 5.77. The third kappa shape index (κ3) is 4.08. The van der Waals surface area contributed by atoms with E-state index in [1.807, 2.05) is 37.3 Å². The molecule has 0 bridgehead atoms. The Balaban J connectivity index is 2.15. The standard InChI is InChI=1S/C18H22BrNO/c1-4-12(2)14-5-8-16(9-6-14)21-18-10-7-15(13(3)20)11-17(18)19/h5-13H,4,20H2,1-3H3/t12?,13-/m0/s1. The second kappa shape index (κ2) is 7.10.